The van der Waals surface area contributed by atoms with E-state index in [-0.39, 0.29) is 41.9 Å². The normalized spacial score (nSPS) is 45.9. The summed E-state index contributed by atoms with van der Waals surface area (Å²) in [5.41, 5.74) is -0.731. The summed E-state index contributed by atoms with van der Waals surface area (Å²) in [6, 6.07) is 0. The van der Waals surface area contributed by atoms with Gasteiger partial charge in [0, 0.05) is 24.3 Å². The van der Waals surface area contributed by atoms with Gasteiger partial charge in [-0.1, -0.05) is 33.6 Å². The Morgan fingerprint density at radius 3 is 2.53 bits per heavy atom. The van der Waals surface area contributed by atoms with Gasteiger partial charge in [0.2, 0.25) is 0 Å². The lowest BCUT2D eigenvalue weighted by Gasteiger charge is -2.67. The van der Waals surface area contributed by atoms with Crippen LogP contribution in [0.25, 0.3) is 0 Å². The molecule has 4 fully saturated rings. The quantitative estimate of drug-likeness (QED) is 0.508. The maximum Gasteiger partial charge on any atom is 0.331 e. The zero-order valence-corrected chi connectivity index (χ0v) is 22.7. The van der Waals surface area contributed by atoms with E-state index in [1.54, 1.807) is 6.08 Å². The SMILES string of the molecule is CC(=O)O[C@@H]1C[C@@H](C)[C@](O)(CCC2=CC(=O)OC2)[C@@]2(C)[C@H](O)CC[C@@](C)([C@H]3CCC4(CCCC4)C3)[C@H]12. The number of cyclic esters (lactones) is 1. The molecule has 6 heteroatoms. The second kappa shape index (κ2) is 9.11. The number of aliphatic hydroxyl groups is 2. The summed E-state index contributed by atoms with van der Waals surface area (Å²) >= 11 is 0. The molecular weight excluding hydrogens is 456 g/mol. The molecule has 36 heavy (non-hydrogen) atoms. The third-order valence-corrected chi connectivity index (χ3v) is 11.9. The number of esters is 2. The highest BCUT2D eigenvalue weighted by Crippen LogP contribution is 2.69. The average molecular weight is 503 g/mol. The average Bonchev–Trinajstić information content (AvgIpc) is 3.56. The maximum atomic E-state index is 12.6. The highest BCUT2D eigenvalue weighted by molar-refractivity contribution is 5.85. The van der Waals surface area contributed by atoms with Crippen LogP contribution < -0.4 is 0 Å². The van der Waals surface area contributed by atoms with Crippen LogP contribution in [0.15, 0.2) is 11.6 Å². The van der Waals surface area contributed by atoms with Gasteiger partial charge in [0.15, 0.2) is 0 Å². The molecular formula is C30H46O6. The van der Waals surface area contributed by atoms with Gasteiger partial charge >= 0.3 is 11.9 Å². The van der Waals surface area contributed by atoms with Gasteiger partial charge < -0.3 is 19.7 Å². The summed E-state index contributed by atoms with van der Waals surface area (Å²) in [6.45, 7) is 8.23. The van der Waals surface area contributed by atoms with Crippen LogP contribution in [0.3, 0.4) is 0 Å². The first kappa shape index (κ1) is 26.2. The van der Waals surface area contributed by atoms with Crippen LogP contribution in [0.4, 0.5) is 0 Å². The highest BCUT2D eigenvalue weighted by atomic mass is 16.5. The molecule has 8 atom stereocenters. The van der Waals surface area contributed by atoms with Crippen LogP contribution in [-0.2, 0) is 19.1 Å². The summed E-state index contributed by atoms with van der Waals surface area (Å²) in [7, 11) is 0. The number of carbonyl (C=O) groups excluding carboxylic acids is 2. The van der Waals surface area contributed by atoms with Crippen molar-refractivity contribution in [2.75, 3.05) is 6.61 Å². The summed E-state index contributed by atoms with van der Waals surface area (Å²) in [5.74, 6) is -0.390. The predicted molar refractivity (Wildman–Crippen MR) is 136 cm³/mol. The monoisotopic (exact) mass is 502 g/mol. The van der Waals surface area contributed by atoms with Crippen LogP contribution in [0.1, 0.15) is 105 Å². The Hall–Kier alpha value is -1.40. The van der Waals surface area contributed by atoms with Gasteiger partial charge in [-0.25, -0.2) is 4.79 Å². The molecule has 0 aromatic carbocycles. The van der Waals surface area contributed by atoms with Gasteiger partial charge in [0.25, 0.3) is 0 Å². The van der Waals surface area contributed by atoms with Gasteiger partial charge in [0.05, 0.1) is 11.7 Å². The smallest absolute Gasteiger partial charge is 0.331 e. The number of hydrogen-bond acceptors (Lipinski definition) is 6. The van der Waals surface area contributed by atoms with E-state index in [1.807, 2.05) is 6.92 Å². The first-order valence-electron chi connectivity index (χ1n) is 14.4. The fourth-order valence-corrected chi connectivity index (χ4v) is 9.94. The van der Waals surface area contributed by atoms with Gasteiger partial charge in [0.1, 0.15) is 12.7 Å². The molecule has 1 aliphatic heterocycles. The Bertz CT molecular complexity index is 920. The van der Waals surface area contributed by atoms with Crippen LogP contribution >= 0.6 is 0 Å². The summed E-state index contributed by atoms with van der Waals surface area (Å²) in [6.07, 6.45) is 12.7. The Balaban J connectivity index is 1.52. The van der Waals surface area contributed by atoms with Crippen molar-refractivity contribution in [2.45, 2.75) is 123 Å². The van der Waals surface area contributed by atoms with Gasteiger partial charge in [-0.3, -0.25) is 4.79 Å². The topological polar surface area (TPSA) is 93.1 Å². The lowest BCUT2D eigenvalue weighted by atomic mass is 9.40. The van der Waals surface area contributed by atoms with Crippen molar-refractivity contribution >= 4 is 11.9 Å². The Kier molecular flexibility index (Phi) is 6.64. The highest BCUT2D eigenvalue weighted by Gasteiger charge is 2.70. The molecule has 6 nitrogen and oxygen atoms in total. The number of rotatable bonds is 5. The lowest BCUT2D eigenvalue weighted by molar-refractivity contribution is -0.290. The van der Waals surface area contributed by atoms with E-state index in [9.17, 15) is 19.8 Å². The minimum Gasteiger partial charge on any atom is -0.462 e. The molecule has 4 aliphatic carbocycles. The Morgan fingerprint density at radius 1 is 1.17 bits per heavy atom. The molecule has 0 saturated heterocycles. The van der Waals surface area contributed by atoms with Gasteiger partial charge in [-0.2, -0.15) is 0 Å². The standard InChI is InChI=1S/C30H46O6/c1-19-15-23(36-20(2)31)26-27(3,22-8-13-29(17-22)10-5-6-11-29)12-9-24(32)28(26,4)30(19,34)14-7-21-16-25(33)35-18-21/h16,19,22-24,26,32,34H,5-15,17-18H2,1-4H3/t19-,22+,23-,24-,26+,27+,28+,30-/m1/s1. The summed E-state index contributed by atoms with van der Waals surface area (Å²) in [4.78, 5) is 23.9. The number of carbonyl (C=O) groups is 2. The molecule has 1 spiro atoms. The van der Waals surface area contributed by atoms with Crippen molar-refractivity contribution in [2.24, 2.45) is 34.0 Å². The molecule has 0 aromatic heterocycles. The first-order valence-corrected chi connectivity index (χ1v) is 14.4. The number of ether oxygens (including phenoxy) is 2. The van der Waals surface area contributed by atoms with Gasteiger partial charge in [-0.05, 0) is 92.4 Å². The largest absolute Gasteiger partial charge is 0.462 e. The van der Waals surface area contributed by atoms with E-state index < -0.39 is 17.1 Å². The van der Waals surface area contributed by atoms with E-state index in [2.05, 4.69) is 13.8 Å². The fraction of sp³-hybridized carbons (Fsp3) is 0.867. The molecule has 4 saturated carbocycles. The molecule has 0 radical (unpaired) electrons. The molecule has 5 rings (SSSR count). The second-order valence-corrected chi connectivity index (χ2v) is 13.6. The molecule has 0 bridgehead atoms. The summed E-state index contributed by atoms with van der Waals surface area (Å²) < 4.78 is 11.2. The molecule has 0 amide bonds. The first-order chi connectivity index (χ1) is 16.9. The molecule has 0 aromatic rings. The van der Waals surface area contributed by atoms with Gasteiger partial charge in [-0.15, -0.1) is 0 Å². The maximum absolute atomic E-state index is 12.6. The van der Waals surface area contributed by atoms with E-state index in [1.165, 1.54) is 51.9 Å². The predicted octanol–water partition coefficient (Wildman–Crippen LogP) is 5.10. The molecule has 1 heterocycles. The van der Waals surface area contributed by atoms with Crippen LogP contribution in [0, 0.1) is 34.0 Å². The fourth-order valence-electron chi connectivity index (χ4n) is 9.94. The zero-order chi connectivity index (χ0) is 25.9. The van der Waals surface area contributed by atoms with E-state index in [0.29, 0.717) is 37.0 Å². The molecule has 5 aliphatic rings. The zero-order valence-electron chi connectivity index (χ0n) is 22.7. The van der Waals surface area contributed by atoms with E-state index >= 15 is 0 Å². The van der Waals surface area contributed by atoms with Crippen molar-refractivity contribution in [1.29, 1.82) is 0 Å². The minimum absolute atomic E-state index is 0.125. The molecule has 2 N–H and O–H groups in total. The van der Waals surface area contributed by atoms with Crippen LogP contribution in [0.5, 0.6) is 0 Å². The van der Waals surface area contributed by atoms with Crippen molar-refractivity contribution < 1.29 is 29.3 Å². The van der Waals surface area contributed by atoms with Crippen molar-refractivity contribution in [3.05, 3.63) is 11.6 Å². The van der Waals surface area contributed by atoms with Crippen molar-refractivity contribution in [3.8, 4) is 0 Å². The number of aliphatic hydroxyl groups excluding tert-OH is 1. The van der Waals surface area contributed by atoms with Crippen LogP contribution in [0.2, 0.25) is 0 Å². The van der Waals surface area contributed by atoms with Crippen molar-refractivity contribution in [1.82, 2.24) is 0 Å². The Labute approximate surface area is 216 Å². The second-order valence-electron chi connectivity index (χ2n) is 13.6. The van der Waals surface area contributed by atoms with Crippen molar-refractivity contribution in [3.63, 3.8) is 0 Å². The third-order valence-electron chi connectivity index (χ3n) is 11.9. The summed E-state index contributed by atoms with van der Waals surface area (Å²) in [5, 5.41) is 24.3. The van der Waals surface area contributed by atoms with E-state index in [0.717, 1.165) is 12.0 Å². The molecule has 202 valence electrons. The minimum atomic E-state index is -1.15. The Morgan fingerprint density at radius 2 is 1.89 bits per heavy atom. The van der Waals surface area contributed by atoms with E-state index in [4.69, 9.17) is 9.47 Å². The van der Waals surface area contributed by atoms with Crippen LogP contribution in [-0.4, -0.2) is 46.6 Å². The third kappa shape index (κ3) is 3.97. The number of fused-ring (bicyclic) bond motifs is 1. The number of hydrogen-bond donors (Lipinski definition) is 2. The molecule has 0 unspecified atom stereocenters. The lowest BCUT2D eigenvalue weighted by Crippen LogP contribution is -2.72.